The van der Waals surface area contributed by atoms with Gasteiger partial charge in [0.05, 0.1) is 0 Å². The Hall–Kier alpha value is -2.41. The number of hydrogen-bond acceptors (Lipinski definition) is 4. The lowest BCUT2D eigenvalue weighted by atomic mass is 10.0. The Morgan fingerprint density at radius 2 is 1.96 bits per heavy atom. The molecule has 0 saturated carbocycles. The molecule has 23 heavy (non-hydrogen) atoms. The van der Waals surface area contributed by atoms with Crippen LogP contribution in [0.2, 0.25) is 0 Å². The van der Waals surface area contributed by atoms with Crippen LogP contribution < -0.4 is 9.50 Å². The molecule has 0 bridgehead atoms. The minimum Gasteiger partial charge on any atom is -0.382 e. The highest BCUT2D eigenvalue weighted by Gasteiger charge is 2.18. The molecule has 1 N–H and O–H groups in total. The van der Waals surface area contributed by atoms with Gasteiger partial charge in [-0.25, -0.2) is 4.39 Å². The fourth-order valence-electron chi connectivity index (χ4n) is 2.42. The molecule has 0 saturated heterocycles. The van der Waals surface area contributed by atoms with Crippen LogP contribution in [0.5, 0.6) is 5.75 Å². The zero-order valence-corrected chi connectivity index (χ0v) is 12.9. The number of anilines is 1. The number of halogens is 1. The van der Waals surface area contributed by atoms with Crippen LogP contribution in [0.1, 0.15) is 17.5 Å². The molecule has 5 nitrogen and oxygen atoms in total. The molecule has 0 atom stereocenters. The standard InChI is InChI=1S/C16H14FNO4S/c17-13-3-1-2-11(8-13)10-23(20,21)22-14-5-6-15-12(9-14)4-7-16(19)18-15/h1-3,5-6,8-9H,4,7,10H2,(H,18,19). The monoisotopic (exact) mass is 335 g/mol. The second-order valence-electron chi connectivity index (χ2n) is 5.28. The van der Waals surface area contributed by atoms with E-state index < -0.39 is 21.7 Å². The van der Waals surface area contributed by atoms with Gasteiger partial charge >= 0.3 is 10.1 Å². The zero-order valence-electron chi connectivity index (χ0n) is 12.1. The lowest BCUT2D eigenvalue weighted by Gasteiger charge is -2.17. The van der Waals surface area contributed by atoms with Crippen molar-refractivity contribution in [2.75, 3.05) is 5.32 Å². The van der Waals surface area contributed by atoms with Crippen LogP contribution in [0.25, 0.3) is 0 Å². The van der Waals surface area contributed by atoms with Crippen molar-refractivity contribution < 1.29 is 21.8 Å². The van der Waals surface area contributed by atoms with Gasteiger partial charge in [0.25, 0.3) is 0 Å². The molecule has 1 aliphatic heterocycles. The number of rotatable bonds is 4. The molecule has 7 heteroatoms. The van der Waals surface area contributed by atoms with Crippen molar-refractivity contribution in [3.63, 3.8) is 0 Å². The Balaban J connectivity index is 1.77. The van der Waals surface area contributed by atoms with Crippen molar-refractivity contribution in [1.29, 1.82) is 0 Å². The Bertz CT molecular complexity index is 864. The summed E-state index contributed by atoms with van der Waals surface area (Å²) in [5.74, 6) is -0.804. The highest BCUT2D eigenvalue weighted by atomic mass is 32.2. The molecule has 0 unspecified atom stereocenters. The summed E-state index contributed by atoms with van der Waals surface area (Å²) >= 11 is 0. The quantitative estimate of drug-likeness (QED) is 0.872. The second-order valence-corrected chi connectivity index (χ2v) is 6.85. The Morgan fingerprint density at radius 1 is 1.13 bits per heavy atom. The first kappa shape index (κ1) is 15.5. The fraction of sp³-hybridized carbons (Fsp3) is 0.188. The molecule has 0 spiro atoms. The van der Waals surface area contributed by atoms with Crippen molar-refractivity contribution in [3.05, 3.63) is 59.4 Å². The van der Waals surface area contributed by atoms with Gasteiger partial charge in [-0.1, -0.05) is 12.1 Å². The maximum Gasteiger partial charge on any atom is 0.313 e. The van der Waals surface area contributed by atoms with Crippen molar-refractivity contribution >= 4 is 21.7 Å². The van der Waals surface area contributed by atoms with Crippen LogP contribution in [-0.2, 0) is 27.1 Å². The number of nitrogens with one attached hydrogen (secondary N) is 1. The van der Waals surface area contributed by atoms with Crippen molar-refractivity contribution in [2.45, 2.75) is 18.6 Å². The first-order valence-corrected chi connectivity index (χ1v) is 8.58. The van der Waals surface area contributed by atoms with E-state index in [0.29, 0.717) is 24.1 Å². The van der Waals surface area contributed by atoms with Crippen LogP contribution in [0.15, 0.2) is 42.5 Å². The van der Waals surface area contributed by atoms with E-state index in [4.69, 9.17) is 4.18 Å². The van der Waals surface area contributed by atoms with Gasteiger partial charge in [-0.2, -0.15) is 8.42 Å². The molecular formula is C16H14FNO4S. The predicted octanol–water partition coefficient (Wildman–Crippen LogP) is 2.62. The van der Waals surface area contributed by atoms with E-state index in [1.165, 1.54) is 24.3 Å². The number of benzene rings is 2. The van der Waals surface area contributed by atoms with E-state index in [1.54, 1.807) is 12.1 Å². The van der Waals surface area contributed by atoms with E-state index in [2.05, 4.69) is 5.32 Å². The second kappa shape index (κ2) is 6.00. The summed E-state index contributed by atoms with van der Waals surface area (Å²) in [5.41, 5.74) is 1.80. The lowest BCUT2D eigenvalue weighted by molar-refractivity contribution is -0.116. The Morgan fingerprint density at radius 3 is 2.74 bits per heavy atom. The highest BCUT2D eigenvalue weighted by Crippen LogP contribution is 2.27. The molecule has 2 aromatic rings. The summed E-state index contributed by atoms with van der Waals surface area (Å²) in [4.78, 5) is 11.3. The average Bonchev–Trinajstić information content (AvgIpc) is 2.46. The van der Waals surface area contributed by atoms with Crippen molar-refractivity contribution in [2.24, 2.45) is 0 Å². The molecule has 0 aliphatic carbocycles. The lowest BCUT2D eigenvalue weighted by Crippen LogP contribution is -2.19. The maximum atomic E-state index is 13.1. The van der Waals surface area contributed by atoms with Crippen molar-refractivity contribution in [1.82, 2.24) is 0 Å². The molecule has 2 aromatic carbocycles. The average molecular weight is 335 g/mol. The molecule has 3 rings (SSSR count). The summed E-state index contributed by atoms with van der Waals surface area (Å²) in [6.07, 6.45) is 0.884. The largest absolute Gasteiger partial charge is 0.382 e. The third-order valence-electron chi connectivity index (χ3n) is 3.43. The molecule has 1 heterocycles. The third kappa shape index (κ3) is 3.87. The number of carbonyl (C=O) groups excluding carboxylic acids is 1. The minimum absolute atomic E-state index is 0.0649. The van der Waals surface area contributed by atoms with Gasteiger partial charge in [0.15, 0.2) is 0 Å². The van der Waals surface area contributed by atoms with Gasteiger partial charge in [0.2, 0.25) is 5.91 Å². The summed E-state index contributed by atoms with van der Waals surface area (Å²) in [5, 5.41) is 2.71. The van der Waals surface area contributed by atoms with Gasteiger partial charge in [-0.15, -0.1) is 0 Å². The molecule has 1 amide bonds. The number of amides is 1. The normalized spacial score (nSPS) is 14.0. The topological polar surface area (TPSA) is 72.5 Å². The van der Waals surface area contributed by atoms with Crippen LogP contribution in [0.4, 0.5) is 10.1 Å². The molecule has 0 aromatic heterocycles. The summed E-state index contributed by atoms with van der Waals surface area (Å²) in [6, 6.07) is 10.1. The summed E-state index contributed by atoms with van der Waals surface area (Å²) < 4.78 is 42.4. The zero-order chi connectivity index (χ0) is 16.4. The third-order valence-corrected chi connectivity index (χ3v) is 4.56. The Kier molecular flexibility index (Phi) is 4.04. The van der Waals surface area contributed by atoms with Crippen molar-refractivity contribution in [3.8, 4) is 5.75 Å². The van der Waals surface area contributed by atoms with Crippen LogP contribution in [0, 0.1) is 5.82 Å². The van der Waals surface area contributed by atoms with E-state index >= 15 is 0 Å². The van der Waals surface area contributed by atoms with E-state index in [-0.39, 0.29) is 11.7 Å². The summed E-state index contributed by atoms with van der Waals surface area (Å²) in [6.45, 7) is 0. The molecule has 120 valence electrons. The number of hydrogen-bond donors (Lipinski definition) is 1. The van der Waals surface area contributed by atoms with E-state index in [1.807, 2.05) is 0 Å². The maximum absolute atomic E-state index is 13.1. The van der Waals surface area contributed by atoms with Gasteiger partial charge in [-0.05, 0) is 47.9 Å². The smallest absolute Gasteiger partial charge is 0.313 e. The molecular weight excluding hydrogens is 321 g/mol. The highest BCUT2D eigenvalue weighted by molar-refractivity contribution is 7.86. The first-order valence-electron chi connectivity index (χ1n) is 7.01. The number of carbonyl (C=O) groups is 1. The van der Waals surface area contributed by atoms with Gasteiger partial charge in [0, 0.05) is 12.1 Å². The fourth-order valence-corrected chi connectivity index (χ4v) is 3.46. The van der Waals surface area contributed by atoms with E-state index in [0.717, 1.165) is 11.6 Å². The van der Waals surface area contributed by atoms with Crippen LogP contribution in [-0.4, -0.2) is 14.3 Å². The SMILES string of the molecule is O=C1CCc2cc(OS(=O)(=O)Cc3cccc(F)c3)ccc2N1. The minimum atomic E-state index is -3.90. The summed E-state index contributed by atoms with van der Waals surface area (Å²) in [7, 11) is -3.90. The van der Waals surface area contributed by atoms with Crippen LogP contribution >= 0.6 is 0 Å². The van der Waals surface area contributed by atoms with Gasteiger partial charge in [-0.3, -0.25) is 4.79 Å². The number of fused-ring (bicyclic) bond motifs is 1. The van der Waals surface area contributed by atoms with E-state index in [9.17, 15) is 17.6 Å². The van der Waals surface area contributed by atoms with Gasteiger partial charge in [0.1, 0.15) is 17.3 Å². The van der Waals surface area contributed by atoms with Gasteiger partial charge < -0.3 is 9.50 Å². The molecule has 1 aliphatic rings. The Labute approximate surface area is 133 Å². The predicted molar refractivity (Wildman–Crippen MR) is 83.0 cm³/mol. The van der Waals surface area contributed by atoms with Crippen LogP contribution in [0.3, 0.4) is 0 Å². The number of aryl methyl sites for hydroxylation is 1. The molecule has 0 fully saturated rings. The molecule has 0 radical (unpaired) electrons. The first-order chi connectivity index (χ1) is 10.9.